The van der Waals surface area contributed by atoms with Crippen LogP contribution in [0.5, 0.6) is 0 Å². The fraction of sp³-hybridized carbons (Fsp3) is 0.350. The molecule has 2 N–H and O–H groups in total. The summed E-state index contributed by atoms with van der Waals surface area (Å²) in [5.41, 5.74) is 0.910. The van der Waals surface area contributed by atoms with Crippen molar-refractivity contribution in [2.24, 2.45) is 5.41 Å². The fourth-order valence-electron chi connectivity index (χ4n) is 3.47. The van der Waals surface area contributed by atoms with Gasteiger partial charge in [0.15, 0.2) is 0 Å². The molecule has 1 aliphatic rings. The van der Waals surface area contributed by atoms with E-state index in [1.165, 1.54) is 4.31 Å². The molecule has 6 nitrogen and oxygen atoms in total. The highest BCUT2D eigenvalue weighted by molar-refractivity contribution is 7.87. The van der Waals surface area contributed by atoms with Crippen LogP contribution >= 0.6 is 0 Å². The van der Waals surface area contributed by atoms with Gasteiger partial charge in [0.25, 0.3) is 10.2 Å². The summed E-state index contributed by atoms with van der Waals surface area (Å²) in [5.74, 6) is -0.861. The lowest BCUT2D eigenvalue weighted by atomic mass is 9.74. The zero-order valence-corrected chi connectivity index (χ0v) is 15.9. The molecule has 0 spiro atoms. The van der Waals surface area contributed by atoms with Gasteiger partial charge in [-0.2, -0.15) is 17.4 Å². The molecule has 144 valence electrons. The number of hydrogen-bond acceptors (Lipinski definition) is 3. The molecule has 7 heteroatoms. The first-order chi connectivity index (χ1) is 12.9. The maximum Gasteiger partial charge on any atom is 0.310 e. The van der Waals surface area contributed by atoms with Gasteiger partial charge in [-0.3, -0.25) is 4.79 Å². The van der Waals surface area contributed by atoms with Gasteiger partial charge in [0, 0.05) is 19.6 Å². The average Bonchev–Trinajstić information content (AvgIpc) is 2.68. The summed E-state index contributed by atoms with van der Waals surface area (Å²) in [6, 6.07) is 18.8. The molecule has 0 radical (unpaired) electrons. The largest absolute Gasteiger partial charge is 0.481 e. The van der Waals surface area contributed by atoms with E-state index >= 15 is 0 Å². The molecule has 3 rings (SSSR count). The summed E-state index contributed by atoms with van der Waals surface area (Å²) in [6.07, 6.45) is 1.00. The molecule has 0 amide bonds. The monoisotopic (exact) mass is 388 g/mol. The Morgan fingerprint density at radius 2 is 1.48 bits per heavy atom. The summed E-state index contributed by atoms with van der Waals surface area (Å²) >= 11 is 0. The van der Waals surface area contributed by atoms with Crippen molar-refractivity contribution in [3.8, 4) is 0 Å². The van der Waals surface area contributed by atoms with E-state index in [-0.39, 0.29) is 19.6 Å². The highest BCUT2D eigenvalue weighted by atomic mass is 32.2. The quantitative estimate of drug-likeness (QED) is 0.763. The minimum absolute atomic E-state index is 0.198. The van der Waals surface area contributed by atoms with Crippen molar-refractivity contribution in [2.45, 2.75) is 25.8 Å². The van der Waals surface area contributed by atoms with Gasteiger partial charge in [-0.15, -0.1) is 0 Å². The van der Waals surface area contributed by atoms with Gasteiger partial charge in [-0.05, 0) is 30.4 Å². The molecule has 0 bridgehead atoms. The highest BCUT2D eigenvalue weighted by Gasteiger charge is 2.43. The Hall–Kier alpha value is -2.22. The Kier molecular flexibility index (Phi) is 5.94. The van der Waals surface area contributed by atoms with Crippen LogP contribution in [0.3, 0.4) is 0 Å². The van der Waals surface area contributed by atoms with Gasteiger partial charge >= 0.3 is 5.97 Å². The van der Waals surface area contributed by atoms with Gasteiger partial charge in [0.05, 0.1) is 5.41 Å². The molecule has 1 saturated heterocycles. The van der Waals surface area contributed by atoms with Crippen LogP contribution in [-0.4, -0.2) is 36.9 Å². The first kappa shape index (κ1) is 19.5. The van der Waals surface area contributed by atoms with Crippen LogP contribution in [0.25, 0.3) is 0 Å². The van der Waals surface area contributed by atoms with Gasteiger partial charge in [0.2, 0.25) is 0 Å². The number of piperidine rings is 1. The minimum atomic E-state index is -3.64. The second-order valence-electron chi connectivity index (χ2n) is 6.96. The smallest absolute Gasteiger partial charge is 0.310 e. The van der Waals surface area contributed by atoms with E-state index in [1.54, 1.807) is 0 Å². The maximum absolute atomic E-state index is 12.6. The van der Waals surface area contributed by atoms with Crippen molar-refractivity contribution in [1.29, 1.82) is 0 Å². The summed E-state index contributed by atoms with van der Waals surface area (Å²) in [6.45, 7) is 0.611. The summed E-state index contributed by atoms with van der Waals surface area (Å²) in [5, 5.41) is 9.81. The second-order valence-corrected chi connectivity index (χ2v) is 8.71. The number of rotatable bonds is 7. The van der Waals surface area contributed by atoms with Crippen LogP contribution in [0.2, 0.25) is 0 Å². The lowest BCUT2D eigenvalue weighted by Crippen LogP contribution is -2.50. The highest BCUT2D eigenvalue weighted by Crippen LogP contribution is 2.36. The predicted molar refractivity (Wildman–Crippen MR) is 103 cm³/mol. The Morgan fingerprint density at radius 1 is 0.963 bits per heavy atom. The molecule has 1 fully saturated rings. The predicted octanol–water partition coefficient (Wildman–Crippen LogP) is 2.43. The number of benzene rings is 2. The third kappa shape index (κ3) is 4.74. The van der Waals surface area contributed by atoms with Gasteiger partial charge < -0.3 is 5.11 Å². The molecule has 2 aromatic rings. The maximum atomic E-state index is 12.6. The molecular weight excluding hydrogens is 364 g/mol. The molecule has 1 aliphatic heterocycles. The van der Waals surface area contributed by atoms with Crippen LogP contribution < -0.4 is 4.72 Å². The molecular formula is C20H24N2O4S. The van der Waals surface area contributed by atoms with Crippen LogP contribution in [0.15, 0.2) is 60.7 Å². The number of nitrogens with zero attached hydrogens (tertiary/aromatic N) is 1. The molecule has 0 saturated carbocycles. The third-order valence-corrected chi connectivity index (χ3v) is 6.71. The number of aliphatic carboxylic acids is 1. The molecule has 1 heterocycles. The van der Waals surface area contributed by atoms with E-state index < -0.39 is 21.6 Å². The topological polar surface area (TPSA) is 86.7 Å². The number of carboxylic acid groups (broad SMARTS) is 1. The first-order valence-corrected chi connectivity index (χ1v) is 10.4. The minimum Gasteiger partial charge on any atom is -0.481 e. The van der Waals surface area contributed by atoms with Crippen molar-refractivity contribution >= 4 is 16.2 Å². The third-order valence-electron chi connectivity index (χ3n) is 5.16. The average molecular weight is 388 g/mol. The summed E-state index contributed by atoms with van der Waals surface area (Å²) < 4.78 is 29.1. The number of carboxylic acids is 1. The first-order valence-electron chi connectivity index (χ1n) is 8.97. The van der Waals surface area contributed by atoms with Gasteiger partial charge in [-0.25, -0.2) is 0 Å². The molecule has 0 atom stereocenters. The van der Waals surface area contributed by atoms with Crippen LogP contribution in [-0.2, 0) is 28.0 Å². The van der Waals surface area contributed by atoms with E-state index in [2.05, 4.69) is 4.72 Å². The Morgan fingerprint density at radius 3 is 2.00 bits per heavy atom. The molecule has 27 heavy (non-hydrogen) atoms. The lowest BCUT2D eigenvalue weighted by Gasteiger charge is -2.38. The van der Waals surface area contributed by atoms with E-state index in [0.29, 0.717) is 19.3 Å². The van der Waals surface area contributed by atoms with Crippen molar-refractivity contribution in [3.05, 3.63) is 71.8 Å². The zero-order chi connectivity index (χ0) is 19.3. The van der Waals surface area contributed by atoms with Crippen molar-refractivity contribution in [3.63, 3.8) is 0 Å². The van der Waals surface area contributed by atoms with Crippen molar-refractivity contribution in [2.75, 3.05) is 13.1 Å². The van der Waals surface area contributed by atoms with Crippen LogP contribution in [0, 0.1) is 5.41 Å². The van der Waals surface area contributed by atoms with Crippen molar-refractivity contribution in [1.82, 2.24) is 9.03 Å². The van der Waals surface area contributed by atoms with Crippen LogP contribution in [0.1, 0.15) is 24.0 Å². The van der Waals surface area contributed by atoms with Crippen LogP contribution in [0.4, 0.5) is 0 Å². The zero-order valence-electron chi connectivity index (χ0n) is 15.0. The number of nitrogens with one attached hydrogen (secondary N) is 1. The Labute approximate surface area is 160 Å². The Balaban J connectivity index is 1.64. The lowest BCUT2D eigenvalue weighted by molar-refractivity contribution is -0.151. The summed E-state index contributed by atoms with van der Waals surface area (Å²) in [4.78, 5) is 12.0. The van der Waals surface area contributed by atoms with Gasteiger partial charge in [-0.1, -0.05) is 60.7 Å². The normalized spacial score (nSPS) is 17.5. The van der Waals surface area contributed by atoms with E-state index in [9.17, 15) is 18.3 Å². The summed E-state index contributed by atoms with van der Waals surface area (Å²) in [7, 11) is -3.64. The van der Waals surface area contributed by atoms with E-state index in [1.807, 2.05) is 60.7 Å². The van der Waals surface area contributed by atoms with E-state index in [0.717, 1.165) is 11.1 Å². The van der Waals surface area contributed by atoms with Crippen molar-refractivity contribution < 1.29 is 18.3 Å². The molecule has 0 aromatic heterocycles. The Bertz CT molecular complexity index is 861. The number of carbonyl (C=O) groups is 1. The molecule has 0 unspecified atom stereocenters. The van der Waals surface area contributed by atoms with Gasteiger partial charge in [0.1, 0.15) is 0 Å². The SMILES string of the molecule is O=C(O)C1(Cc2ccccc2)CCN(S(=O)(=O)NCc2ccccc2)CC1. The number of hydrogen-bond donors (Lipinski definition) is 2. The molecule has 2 aromatic carbocycles. The molecule has 0 aliphatic carbocycles. The van der Waals surface area contributed by atoms with E-state index in [4.69, 9.17) is 0 Å². The fourth-order valence-corrected chi connectivity index (χ4v) is 4.66. The second kappa shape index (κ2) is 8.21. The standard InChI is InChI=1S/C20H24N2O4S/c23-19(24)20(15-17-7-3-1-4-8-17)11-13-22(14-12-20)27(25,26)21-16-18-9-5-2-6-10-18/h1-10,21H,11-16H2,(H,23,24).